The molecule has 8 heteroatoms. The number of para-hydroxylation sites is 1. The highest BCUT2D eigenvalue weighted by Crippen LogP contribution is 2.29. The van der Waals surface area contributed by atoms with Crippen LogP contribution in [0.2, 0.25) is 0 Å². The topological polar surface area (TPSA) is 75.9 Å². The maximum absolute atomic E-state index is 12.8. The molecule has 1 unspecified atom stereocenters. The zero-order chi connectivity index (χ0) is 18.1. The highest BCUT2D eigenvalue weighted by molar-refractivity contribution is 7.18. The van der Waals surface area contributed by atoms with E-state index in [0.717, 1.165) is 41.2 Å². The average Bonchev–Trinajstić information content (AvgIpc) is 3.34. The molecular weight excluding hydrogens is 348 g/mol. The Morgan fingerprint density at radius 1 is 1.35 bits per heavy atom. The summed E-state index contributed by atoms with van der Waals surface area (Å²) >= 11 is 1.62. The molecule has 1 atom stereocenters. The first-order valence-corrected chi connectivity index (χ1v) is 9.70. The Morgan fingerprint density at radius 3 is 2.88 bits per heavy atom. The molecule has 0 saturated carbocycles. The predicted octanol–water partition coefficient (Wildman–Crippen LogP) is 2.65. The molecule has 3 aromatic rings. The van der Waals surface area contributed by atoms with Gasteiger partial charge in [0.2, 0.25) is 0 Å². The van der Waals surface area contributed by atoms with E-state index in [1.165, 1.54) is 0 Å². The standard InChI is InChI=1S/C18H22N6OS/c1-12(17-20-14-5-3-4-6-16(14)26-17)23(2)18(25)15-11-24(22-21-15)13-7-9-19-10-8-13/h3-6,11-13,19H,7-10H2,1-2H3. The number of nitrogens with one attached hydrogen (secondary N) is 1. The van der Waals surface area contributed by atoms with Gasteiger partial charge >= 0.3 is 0 Å². The van der Waals surface area contributed by atoms with Gasteiger partial charge in [0.05, 0.1) is 28.5 Å². The molecule has 1 fully saturated rings. The fraction of sp³-hybridized carbons (Fsp3) is 0.444. The third-order valence-electron chi connectivity index (χ3n) is 4.98. The third-order valence-corrected chi connectivity index (χ3v) is 6.19. The molecule has 7 nitrogen and oxygen atoms in total. The number of thiazole rings is 1. The lowest BCUT2D eigenvalue weighted by atomic mass is 10.1. The van der Waals surface area contributed by atoms with Crippen molar-refractivity contribution in [3.63, 3.8) is 0 Å². The number of benzene rings is 1. The van der Waals surface area contributed by atoms with E-state index in [1.807, 2.05) is 29.8 Å². The summed E-state index contributed by atoms with van der Waals surface area (Å²) in [5, 5.41) is 12.6. The van der Waals surface area contributed by atoms with Gasteiger partial charge in [0.1, 0.15) is 5.01 Å². The number of carbonyl (C=O) groups is 1. The van der Waals surface area contributed by atoms with Crippen LogP contribution < -0.4 is 5.32 Å². The summed E-state index contributed by atoms with van der Waals surface area (Å²) in [6, 6.07) is 8.22. The quantitative estimate of drug-likeness (QED) is 0.764. The Kier molecular flexibility index (Phi) is 4.69. The van der Waals surface area contributed by atoms with Gasteiger partial charge in [0.15, 0.2) is 5.69 Å². The van der Waals surface area contributed by atoms with Crippen molar-refractivity contribution >= 4 is 27.5 Å². The van der Waals surface area contributed by atoms with Crippen LogP contribution in [0.25, 0.3) is 10.2 Å². The maximum Gasteiger partial charge on any atom is 0.276 e. The summed E-state index contributed by atoms with van der Waals surface area (Å²) in [4.78, 5) is 19.2. The highest BCUT2D eigenvalue weighted by atomic mass is 32.1. The number of carbonyl (C=O) groups excluding carboxylic acids is 1. The molecule has 0 aliphatic carbocycles. The molecule has 0 radical (unpaired) electrons. The van der Waals surface area contributed by atoms with Crippen molar-refractivity contribution in [2.75, 3.05) is 20.1 Å². The minimum atomic E-state index is -0.128. The lowest BCUT2D eigenvalue weighted by Gasteiger charge is -2.23. The summed E-state index contributed by atoms with van der Waals surface area (Å²) in [6.45, 7) is 3.94. The van der Waals surface area contributed by atoms with Crippen LogP contribution in [0.5, 0.6) is 0 Å². The van der Waals surface area contributed by atoms with Crippen molar-refractivity contribution in [3.8, 4) is 0 Å². The lowest BCUT2D eigenvalue weighted by Crippen LogP contribution is -2.30. The molecule has 1 aromatic carbocycles. The minimum Gasteiger partial charge on any atom is -0.331 e. The Morgan fingerprint density at radius 2 is 2.12 bits per heavy atom. The van der Waals surface area contributed by atoms with Crippen molar-refractivity contribution in [2.45, 2.75) is 31.8 Å². The minimum absolute atomic E-state index is 0.121. The first-order chi connectivity index (χ1) is 12.6. The van der Waals surface area contributed by atoms with E-state index in [1.54, 1.807) is 29.5 Å². The monoisotopic (exact) mass is 370 g/mol. The predicted molar refractivity (Wildman–Crippen MR) is 101 cm³/mol. The molecule has 4 rings (SSSR count). The molecule has 26 heavy (non-hydrogen) atoms. The van der Waals surface area contributed by atoms with Gasteiger partial charge in [-0.1, -0.05) is 17.3 Å². The number of piperidine rings is 1. The van der Waals surface area contributed by atoms with E-state index < -0.39 is 0 Å². The Hall–Kier alpha value is -2.32. The van der Waals surface area contributed by atoms with Gasteiger partial charge in [-0.2, -0.15) is 0 Å². The zero-order valence-corrected chi connectivity index (χ0v) is 15.7. The van der Waals surface area contributed by atoms with E-state index in [-0.39, 0.29) is 11.9 Å². The normalized spacial score (nSPS) is 16.7. The van der Waals surface area contributed by atoms with Crippen molar-refractivity contribution < 1.29 is 4.79 Å². The van der Waals surface area contributed by atoms with Crippen LogP contribution in [0.4, 0.5) is 0 Å². The van der Waals surface area contributed by atoms with Crippen LogP contribution >= 0.6 is 11.3 Å². The van der Waals surface area contributed by atoms with Crippen LogP contribution in [0.1, 0.15) is 47.3 Å². The number of amides is 1. The van der Waals surface area contributed by atoms with Gasteiger partial charge in [0, 0.05) is 7.05 Å². The highest BCUT2D eigenvalue weighted by Gasteiger charge is 2.25. The van der Waals surface area contributed by atoms with E-state index in [2.05, 4.69) is 26.7 Å². The first kappa shape index (κ1) is 17.1. The van der Waals surface area contributed by atoms with Crippen molar-refractivity contribution in [1.29, 1.82) is 0 Å². The number of nitrogens with zero attached hydrogens (tertiary/aromatic N) is 5. The van der Waals surface area contributed by atoms with Crippen LogP contribution in [-0.4, -0.2) is 50.9 Å². The summed E-state index contributed by atoms with van der Waals surface area (Å²) in [6.07, 6.45) is 3.80. The molecule has 136 valence electrons. The molecule has 0 bridgehead atoms. The molecular formula is C18H22N6OS. The molecule has 3 heterocycles. The second-order valence-corrected chi connectivity index (χ2v) is 7.74. The lowest BCUT2D eigenvalue weighted by molar-refractivity contribution is 0.0736. The molecule has 2 aromatic heterocycles. The fourth-order valence-corrected chi connectivity index (χ4v) is 4.28. The van der Waals surface area contributed by atoms with Crippen molar-refractivity contribution in [2.24, 2.45) is 0 Å². The summed E-state index contributed by atoms with van der Waals surface area (Å²) in [7, 11) is 1.79. The summed E-state index contributed by atoms with van der Waals surface area (Å²) in [5.74, 6) is -0.128. The number of aromatic nitrogens is 4. The zero-order valence-electron chi connectivity index (χ0n) is 14.9. The van der Waals surface area contributed by atoms with Gasteiger partial charge in [-0.05, 0) is 45.0 Å². The Balaban J connectivity index is 1.50. The van der Waals surface area contributed by atoms with Crippen molar-refractivity contribution in [3.05, 3.63) is 41.2 Å². The smallest absolute Gasteiger partial charge is 0.276 e. The maximum atomic E-state index is 12.8. The Bertz CT molecular complexity index is 880. The van der Waals surface area contributed by atoms with Crippen LogP contribution in [0, 0.1) is 0 Å². The summed E-state index contributed by atoms with van der Waals surface area (Å²) < 4.78 is 2.97. The molecule has 1 saturated heterocycles. The van der Waals surface area contributed by atoms with Crippen LogP contribution in [-0.2, 0) is 0 Å². The van der Waals surface area contributed by atoms with Gasteiger partial charge in [-0.15, -0.1) is 16.4 Å². The van der Waals surface area contributed by atoms with E-state index in [4.69, 9.17) is 0 Å². The van der Waals surface area contributed by atoms with E-state index in [0.29, 0.717) is 11.7 Å². The Labute approximate surface area is 156 Å². The van der Waals surface area contributed by atoms with Crippen LogP contribution in [0.15, 0.2) is 30.5 Å². The van der Waals surface area contributed by atoms with Gasteiger partial charge in [-0.3, -0.25) is 4.79 Å². The SMILES string of the molecule is CC(c1nc2ccccc2s1)N(C)C(=O)c1cn(C2CCNCC2)nn1. The molecule has 1 amide bonds. The number of fused-ring (bicyclic) bond motifs is 1. The summed E-state index contributed by atoms with van der Waals surface area (Å²) in [5.41, 5.74) is 1.36. The average molecular weight is 370 g/mol. The number of rotatable bonds is 4. The van der Waals surface area contributed by atoms with Gasteiger partial charge in [0.25, 0.3) is 5.91 Å². The second-order valence-electron chi connectivity index (χ2n) is 6.68. The molecule has 0 spiro atoms. The van der Waals surface area contributed by atoms with Crippen molar-refractivity contribution in [1.82, 2.24) is 30.2 Å². The second kappa shape index (κ2) is 7.13. The van der Waals surface area contributed by atoms with E-state index >= 15 is 0 Å². The molecule has 1 aliphatic heterocycles. The van der Waals surface area contributed by atoms with Crippen LogP contribution in [0.3, 0.4) is 0 Å². The van der Waals surface area contributed by atoms with Gasteiger partial charge < -0.3 is 10.2 Å². The third kappa shape index (κ3) is 3.22. The molecule has 1 N–H and O–H groups in total. The van der Waals surface area contributed by atoms with E-state index in [9.17, 15) is 4.79 Å². The largest absolute Gasteiger partial charge is 0.331 e. The van der Waals surface area contributed by atoms with Gasteiger partial charge in [-0.25, -0.2) is 9.67 Å². The number of hydrogen-bond acceptors (Lipinski definition) is 6. The first-order valence-electron chi connectivity index (χ1n) is 8.88. The number of hydrogen-bond donors (Lipinski definition) is 1. The fourth-order valence-electron chi connectivity index (χ4n) is 3.22. The molecule has 1 aliphatic rings.